The van der Waals surface area contributed by atoms with Gasteiger partial charge in [0.25, 0.3) is 0 Å². The molecule has 2 rings (SSSR count). The van der Waals surface area contributed by atoms with Crippen LogP contribution in [-0.4, -0.2) is 61.0 Å². The third-order valence-corrected chi connectivity index (χ3v) is 3.94. The summed E-state index contributed by atoms with van der Waals surface area (Å²) in [7, 11) is 0. The van der Waals surface area contributed by atoms with Gasteiger partial charge in [-0.05, 0) is 39.2 Å². The van der Waals surface area contributed by atoms with Crippen LogP contribution in [0.5, 0.6) is 0 Å². The van der Waals surface area contributed by atoms with Crippen LogP contribution in [0.15, 0.2) is 0 Å². The van der Waals surface area contributed by atoms with Gasteiger partial charge in [-0.1, -0.05) is 0 Å². The molecule has 0 aromatic rings. The van der Waals surface area contributed by atoms with Crippen molar-refractivity contribution in [2.75, 3.05) is 39.3 Å². The Morgan fingerprint density at radius 2 is 1.89 bits per heavy atom. The number of likely N-dealkylation sites (tertiary alicyclic amines) is 2. The van der Waals surface area contributed by atoms with E-state index in [1.165, 1.54) is 0 Å². The highest BCUT2D eigenvalue weighted by atomic mass is 16.5. The Morgan fingerprint density at radius 3 is 2.58 bits per heavy atom. The predicted molar refractivity (Wildman–Crippen MR) is 71.6 cm³/mol. The number of hydrogen-bond donors (Lipinski definition) is 0. The van der Waals surface area contributed by atoms with Crippen LogP contribution in [0.1, 0.15) is 32.6 Å². The molecule has 2 fully saturated rings. The number of nitrogens with zero attached hydrogens (tertiary/aromatic N) is 2. The smallest absolute Gasteiger partial charge is 0.310 e. The number of ether oxygens (including phenoxy) is 1. The third kappa shape index (κ3) is 3.93. The van der Waals surface area contributed by atoms with Gasteiger partial charge in [0.05, 0.1) is 19.1 Å². The van der Waals surface area contributed by atoms with Gasteiger partial charge in [-0.15, -0.1) is 0 Å². The lowest BCUT2D eigenvalue weighted by Gasteiger charge is -2.32. The lowest BCUT2D eigenvalue weighted by Crippen LogP contribution is -2.45. The van der Waals surface area contributed by atoms with Crippen LogP contribution in [0.4, 0.5) is 0 Å². The Hall–Kier alpha value is -1.10. The van der Waals surface area contributed by atoms with Crippen molar-refractivity contribution in [1.82, 2.24) is 9.80 Å². The minimum atomic E-state index is -0.110. The highest BCUT2D eigenvalue weighted by Crippen LogP contribution is 2.18. The molecule has 1 atom stereocenters. The molecule has 0 unspecified atom stereocenters. The fourth-order valence-corrected chi connectivity index (χ4v) is 2.91. The molecule has 0 saturated carbocycles. The molecule has 0 spiro atoms. The summed E-state index contributed by atoms with van der Waals surface area (Å²) in [5.74, 6) is 0.0444. The van der Waals surface area contributed by atoms with Crippen LogP contribution in [0.25, 0.3) is 0 Å². The molecular weight excluding hydrogens is 244 g/mol. The largest absolute Gasteiger partial charge is 0.466 e. The lowest BCUT2D eigenvalue weighted by molar-refractivity contribution is -0.150. The first-order valence-electron chi connectivity index (χ1n) is 7.37. The molecule has 0 aromatic heterocycles. The first-order chi connectivity index (χ1) is 9.20. The number of carbonyl (C=O) groups is 2. The van der Waals surface area contributed by atoms with E-state index >= 15 is 0 Å². The molecule has 5 heteroatoms. The van der Waals surface area contributed by atoms with E-state index in [0.29, 0.717) is 19.7 Å². The SMILES string of the molecule is CCOC(=O)[C@@H]1CCCN(CC(=O)N2CCCC2)C1. The van der Waals surface area contributed by atoms with Crippen LogP contribution < -0.4 is 0 Å². The summed E-state index contributed by atoms with van der Waals surface area (Å²) in [5, 5.41) is 0. The van der Waals surface area contributed by atoms with Crippen molar-refractivity contribution in [1.29, 1.82) is 0 Å². The van der Waals surface area contributed by atoms with E-state index in [0.717, 1.165) is 45.3 Å². The summed E-state index contributed by atoms with van der Waals surface area (Å²) in [6.45, 7) is 6.09. The van der Waals surface area contributed by atoms with Gasteiger partial charge in [0.15, 0.2) is 0 Å². The Bertz CT molecular complexity index is 327. The molecule has 0 N–H and O–H groups in total. The topological polar surface area (TPSA) is 49.9 Å². The second-order valence-electron chi connectivity index (χ2n) is 5.41. The molecule has 2 saturated heterocycles. The third-order valence-electron chi connectivity index (χ3n) is 3.94. The first kappa shape index (κ1) is 14.3. The van der Waals surface area contributed by atoms with Crippen LogP contribution in [-0.2, 0) is 14.3 Å². The quantitative estimate of drug-likeness (QED) is 0.710. The monoisotopic (exact) mass is 268 g/mol. The molecule has 1 amide bonds. The molecular formula is C14H24N2O3. The van der Waals surface area contributed by atoms with Crippen LogP contribution in [0, 0.1) is 5.92 Å². The fraction of sp³-hybridized carbons (Fsp3) is 0.857. The van der Waals surface area contributed by atoms with Gasteiger partial charge >= 0.3 is 5.97 Å². The van der Waals surface area contributed by atoms with Gasteiger partial charge < -0.3 is 9.64 Å². The maximum atomic E-state index is 12.1. The number of piperidine rings is 1. The maximum Gasteiger partial charge on any atom is 0.310 e. The van der Waals surface area contributed by atoms with Crippen LogP contribution in [0.2, 0.25) is 0 Å². The molecule has 108 valence electrons. The molecule has 5 nitrogen and oxygen atoms in total. The van der Waals surface area contributed by atoms with E-state index in [4.69, 9.17) is 4.74 Å². The maximum absolute atomic E-state index is 12.1. The molecule has 0 aromatic carbocycles. The van der Waals surface area contributed by atoms with Crippen molar-refractivity contribution in [3.8, 4) is 0 Å². The molecule has 2 heterocycles. The number of rotatable bonds is 4. The summed E-state index contributed by atoms with van der Waals surface area (Å²) in [6, 6.07) is 0. The van der Waals surface area contributed by atoms with Gasteiger partial charge in [-0.2, -0.15) is 0 Å². The predicted octanol–water partition coefficient (Wildman–Crippen LogP) is 0.884. The van der Waals surface area contributed by atoms with Crippen molar-refractivity contribution >= 4 is 11.9 Å². The summed E-state index contributed by atoms with van der Waals surface area (Å²) >= 11 is 0. The Labute approximate surface area is 114 Å². The summed E-state index contributed by atoms with van der Waals surface area (Å²) < 4.78 is 5.07. The van der Waals surface area contributed by atoms with E-state index in [1.54, 1.807) is 0 Å². The van der Waals surface area contributed by atoms with Crippen molar-refractivity contribution in [3.05, 3.63) is 0 Å². The van der Waals surface area contributed by atoms with Crippen molar-refractivity contribution < 1.29 is 14.3 Å². The molecule has 2 aliphatic rings. The number of hydrogen-bond acceptors (Lipinski definition) is 4. The summed E-state index contributed by atoms with van der Waals surface area (Å²) in [5.41, 5.74) is 0. The number of carbonyl (C=O) groups excluding carboxylic acids is 2. The Balaban J connectivity index is 1.80. The molecule has 2 aliphatic heterocycles. The minimum absolute atomic E-state index is 0.0555. The zero-order chi connectivity index (χ0) is 13.7. The minimum Gasteiger partial charge on any atom is -0.466 e. The zero-order valence-corrected chi connectivity index (χ0v) is 11.8. The molecule has 0 radical (unpaired) electrons. The summed E-state index contributed by atoms with van der Waals surface area (Å²) in [6.07, 6.45) is 4.10. The van der Waals surface area contributed by atoms with Gasteiger partial charge in [0, 0.05) is 19.6 Å². The van der Waals surface area contributed by atoms with E-state index in [-0.39, 0.29) is 17.8 Å². The number of amides is 1. The molecule has 19 heavy (non-hydrogen) atoms. The molecule has 0 bridgehead atoms. The average Bonchev–Trinajstić information content (AvgIpc) is 2.93. The van der Waals surface area contributed by atoms with Gasteiger partial charge in [0.2, 0.25) is 5.91 Å². The first-order valence-corrected chi connectivity index (χ1v) is 7.37. The Kier molecular flexibility index (Phi) is 5.19. The zero-order valence-electron chi connectivity index (χ0n) is 11.8. The fourth-order valence-electron chi connectivity index (χ4n) is 2.91. The Morgan fingerprint density at radius 1 is 1.16 bits per heavy atom. The second kappa shape index (κ2) is 6.89. The number of esters is 1. The van der Waals surface area contributed by atoms with E-state index < -0.39 is 0 Å². The van der Waals surface area contributed by atoms with Gasteiger partial charge in [-0.25, -0.2) is 0 Å². The van der Waals surface area contributed by atoms with E-state index in [1.807, 2.05) is 11.8 Å². The van der Waals surface area contributed by atoms with Crippen molar-refractivity contribution in [2.24, 2.45) is 5.92 Å². The van der Waals surface area contributed by atoms with Crippen molar-refractivity contribution in [2.45, 2.75) is 32.6 Å². The van der Waals surface area contributed by atoms with E-state index in [9.17, 15) is 9.59 Å². The van der Waals surface area contributed by atoms with Crippen LogP contribution in [0.3, 0.4) is 0 Å². The standard InChI is InChI=1S/C14H24N2O3/c1-2-19-14(18)12-6-5-7-15(10-12)11-13(17)16-8-3-4-9-16/h12H,2-11H2,1H3/t12-/m1/s1. The van der Waals surface area contributed by atoms with Gasteiger partial charge in [0.1, 0.15) is 0 Å². The lowest BCUT2D eigenvalue weighted by atomic mass is 9.98. The molecule has 0 aliphatic carbocycles. The summed E-state index contributed by atoms with van der Waals surface area (Å²) in [4.78, 5) is 27.9. The normalized spacial score (nSPS) is 24.5. The average molecular weight is 268 g/mol. The van der Waals surface area contributed by atoms with E-state index in [2.05, 4.69) is 4.90 Å². The van der Waals surface area contributed by atoms with Gasteiger partial charge in [-0.3, -0.25) is 14.5 Å². The highest BCUT2D eigenvalue weighted by Gasteiger charge is 2.29. The van der Waals surface area contributed by atoms with Crippen molar-refractivity contribution in [3.63, 3.8) is 0 Å². The van der Waals surface area contributed by atoms with Crippen LogP contribution >= 0.6 is 0 Å². The second-order valence-corrected chi connectivity index (χ2v) is 5.41. The highest BCUT2D eigenvalue weighted by molar-refractivity contribution is 5.78.